The summed E-state index contributed by atoms with van der Waals surface area (Å²) in [7, 11) is 0. The summed E-state index contributed by atoms with van der Waals surface area (Å²) in [5.74, 6) is 1.13. The molecular formula is C22H36O3. The predicted molar refractivity (Wildman–Crippen MR) is 104 cm³/mol. The number of rotatable bonds is 4. The Morgan fingerprint density at radius 2 is 1.24 bits per heavy atom. The lowest BCUT2D eigenvalue weighted by atomic mass is 9.61. The van der Waals surface area contributed by atoms with Crippen molar-refractivity contribution in [3.8, 4) is 11.5 Å². The molecule has 3 heteroatoms. The Morgan fingerprint density at radius 1 is 0.800 bits per heavy atom. The molecule has 0 fully saturated rings. The van der Waals surface area contributed by atoms with Gasteiger partial charge in [-0.1, -0.05) is 41.5 Å². The molecule has 0 heterocycles. The van der Waals surface area contributed by atoms with Gasteiger partial charge in [0, 0.05) is 0 Å². The van der Waals surface area contributed by atoms with Gasteiger partial charge in [0.05, 0.1) is 5.41 Å². The van der Waals surface area contributed by atoms with E-state index in [1.54, 1.807) is 12.1 Å². The Labute approximate surface area is 154 Å². The summed E-state index contributed by atoms with van der Waals surface area (Å²) in [5.41, 5.74) is -1.00. The second-order valence-corrected chi connectivity index (χ2v) is 10.4. The first-order chi connectivity index (χ1) is 11.0. The van der Waals surface area contributed by atoms with E-state index in [-0.39, 0.29) is 22.4 Å². The number of hydrogen-bond acceptors (Lipinski definition) is 3. The number of carbonyl (C=O) groups excluding carboxylic acids is 1. The van der Waals surface area contributed by atoms with E-state index >= 15 is 0 Å². The Bertz CT molecular complexity index is 580. The summed E-state index contributed by atoms with van der Waals surface area (Å²) >= 11 is 0. The van der Waals surface area contributed by atoms with Gasteiger partial charge in [-0.2, -0.15) is 0 Å². The molecule has 0 N–H and O–H groups in total. The fourth-order valence-corrected chi connectivity index (χ4v) is 2.85. The van der Waals surface area contributed by atoms with Crippen LogP contribution in [-0.2, 0) is 4.79 Å². The third-order valence-electron chi connectivity index (χ3n) is 4.45. The third kappa shape index (κ3) is 6.37. The van der Waals surface area contributed by atoms with Crippen molar-refractivity contribution in [3.05, 3.63) is 24.3 Å². The quantitative estimate of drug-likeness (QED) is 0.476. The number of ether oxygens (including phenoxy) is 2. The highest BCUT2D eigenvalue weighted by Gasteiger charge is 2.47. The Hall–Kier alpha value is -1.51. The maximum absolute atomic E-state index is 13.0. The molecule has 1 atom stereocenters. The Balaban J connectivity index is 2.98. The van der Waals surface area contributed by atoms with Crippen molar-refractivity contribution >= 4 is 5.97 Å². The van der Waals surface area contributed by atoms with E-state index in [2.05, 4.69) is 41.5 Å². The molecule has 3 nitrogen and oxygen atoms in total. The molecule has 0 bridgehead atoms. The highest BCUT2D eigenvalue weighted by atomic mass is 16.5. The Morgan fingerprint density at radius 3 is 1.60 bits per heavy atom. The minimum Gasteiger partial charge on any atom is -0.488 e. The minimum atomic E-state index is -0.578. The number of carbonyl (C=O) groups is 1. The van der Waals surface area contributed by atoms with E-state index in [1.807, 2.05) is 39.8 Å². The summed E-state index contributed by atoms with van der Waals surface area (Å²) in [6.45, 7) is 20.8. The first kappa shape index (κ1) is 21.5. The normalized spacial score (nSPS) is 15.4. The van der Waals surface area contributed by atoms with Gasteiger partial charge >= 0.3 is 5.97 Å². The van der Waals surface area contributed by atoms with Gasteiger partial charge in [0.2, 0.25) is 0 Å². The zero-order valence-corrected chi connectivity index (χ0v) is 17.7. The fraction of sp³-hybridized carbons (Fsp3) is 0.682. The average Bonchev–Trinajstić information content (AvgIpc) is 2.35. The molecule has 1 unspecified atom stereocenters. The van der Waals surface area contributed by atoms with Crippen LogP contribution in [0.15, 0.2) is 24.3 Å². The Kier molecular flexibility index (Phi) is 6.04. The van der Waals surface area contributed by atoms with Crippen LogP contribution >= 0.6 is 0 Å². The first-order valence-corrected chi connectivity index (χ1v) is 9.05. The number of esters is 1. The molecular weight excluding hydrogens is 312 g/mol. The molecule has 1 rings (SSSR count). The zero-order valence-electron chi connectivity index (χ0n) is 17.7. The third-order valence-corrected chi connectivity index (χ3v) is 4.45. The fourth-order valence-electron chi connectivity index (χ4n) is 2.85. The second kappa shape index (κ2) is 7.01. The lowest BCUT2D eigenvalue weighted by Crippen LogP contribution is -2.45. The molecule has 25 heavy (non-hydrogen) atoms. The molecule has 1 aromatic carbocycles. The van der Waals surface area contributed by atoms with E-state index in [0.717, 1.165) is 12.2 Å². The first-order valence-electron chi connectivity index (χ1n) is 9.05. The predicted octanol–water partition coefficient (Wildman–Crippen LogP) is 6.26. The molecule has 0 radical (unpaired) electrons. The van der Waals surface area contributed by atoms with Crippen molar-refractivity contribution in [1.82, 2.24) is 0 Å². The lowest BCUT2D eigenvalue weighted by Gasteiger charge is -2.43. The van der Waals surface area contributed by atoms with Crippen molar-refractivity contribution in [3.63, 3.8) is 0 Å². The molecule has 0 aliphatic rings. The monoisotopic (exact) mass is 348 g/mol. The van der Waals surface area contributed by atoms with Gasteiger partial charge in [-0.15, -0.1) is 0 Å². The van der Waals surface area contributed by atoms with Crippen molar-refractivity contribution in [2.75, 3.05) is 0 Å². The molecule has 0 aliphatic carbocycles. The van der Waals surface area contributed by atoms with Gasteiger partial charge in [-0.05, 0) is 69.2 Å². The van der Waals surface area contributed by atoms with Gasteiger partial charge in [0.25, 0.3) is 0 Å². The zero-order chi connectivity index (χ0) is 19.7. The summed E-state index contributed by atoms with van der Waals surface area (Å²) in [5, 5.41) is 0. The smallest absolute Gasteiger partial charge is 0.317 e. The van der Waals surface area contributed by atoms with Crippen LogP contribution in [0, 0.1) is 16.2 Å². The number of benzene rings is 1. The maximum atomic E-state index is 13.0. The van der Waals surface area contributed by atoms with Crippen LogP contribution in [0.5, 0.6) is 11.5 Å². The maximum Gasteiger partial charge on any atom is 0.317 e. The molecule has 0 saturated heterocycles. The topological polar surface area (TPSA) is 35.5 Å². The molecule has 0 amide bonds. The van der Waals surface area contributed by atoms with Crippen molar-refractivity contribution in [2.45, 2.75) is 81.3 Å². The largest absolute Gasteiger partial charge is 0.488 e. The van der Waals surface area contributed by atoms with Crippen LogP contribution in [-0.4, -0.2) is 11.6 Å². The van der Waals surface area contributed by atoms with E-state index in [0.29, 0.717) is 5.75 Å². The average molecular weight is 349 g/mol. The van der Waals surface area contributed by atoms with E-state index in [9.17, 15) is 4.79 Å². The van der Waals surface area contributed by atoms with Gasteiger partial charge in [0.1, 0.15) is 17.1 Å². The van der Waals surface area contributed by atoms with Crippen molar-refractivity contribution < 1.29 is 14.3 Å². The summed E-state index contributed by atoms with van der Waals surface area (Å²) < 4.78 is 11.6. The van der Waals surface area contributed by atoms with Gasteiger partial charge in [0.15, 0.2) is 0 Å². The number of hydrogen-bond donors (Lipinski definition) is 0. The van der Waals surface area contributed by atoms with E-state index < -0.39 is 5.41 Å². The highest BCUT2D eigenvalue weighted by Crippen LogP contribution is 2.47. The molecule has 0 aromatic heterocycles. The van der Waals surface area contributed by atoms with Crippen LogP contribution in [0.25, 0.3) is 0 Å². The van der Waals surface area contributed by atoms with Crippen LogP contribution < -0.4 is 9.47 Å². The standard InChI is InChI=1S/C22H36O3/c1-19(2,3)15-22(10,20(4,5)6)18(23)24-16-11-13-17(14-12-16)25-21(7,8)9/h11-14H,15H2,1-10H3. The summed E-state index contributed by atoms with van der Waals surface area (Å²) in [4.78, 5) is 13.0. The van der Waals surface area contributed by atoms with Crippen LogP contribution in [0.2, 0.25) is 0 Å². The lowest BCUT2D eigenvalue weighted by molar-refractivity contribution is -0.154. The highest BCUT2D eigenvalue weighted by molar-refractivity contribution is 5.79. The van der Waals surface area contributed by atoms with Gasteiger partial charge in [-0.25, -0.2) is 0 Å². The van der Waals surface area contributed by atoms with Gasteiger partial charge in [-0.3, -0.25) is 4.79 Å². The van der Waals surface area contributed by atoms with Crippen LogP contribution in [0.1, 0.15) is 75.7 Å². The molecule has 0 aliphatic heterocycles. The molecule has 0 saturated carbocycles. The van der Waals surface area contributed by atoms with Crippen LogP contribution in [0.3, 0.4) is 0 Å². The molecule has 0 spiro atoms. The second-order valence-electron chi connectivity index (χ2n) is 10.4. The SMILES string of the molecule is CC(C)(C)CC(C)(C(=O)Oc1ccc(OC(C)(C)C)cc1)C(C)(C)C. The summed E-state index contributed by atoms with van der Waals surface area (Å²) in [6, 6.07) is 7.26. The minimum absolute atomic E-state index is 0.0332. The van der Waals surface area contributed by atoms with Crippen molar-refractivity contribution in [2.24, 2.45) is 16.2 Å². The van der Waals surface area contributed by atoms with E-state index in [1.165, 1.54) is 0 Å². The van der Waals surface area contributed by atoms with Gasteiger partial charge < -0.3 is 9.47 Å². The van der Waals surface area contributed by atoms with Crippen LogP contribution in [0.4, 0.5) is 0 Å². The van der Waals surface area contributed by atoms with E-state index in [4.69, 9.17) is 9.47 Å². The molecule has 1 aromatic rings. The summed E-state index contributed by atoms with van der Waals surface area (Å²) in [6.07, 6.45) is 0.757. The van der Waals surface area contributed by atoms with Crippen molar-refractivity contribution in [1.29, 1.82) is 0 Å². The molecule has 142 valence electrons.